The molecule has 2 heterocycles. The van der Waals surface area contributed by atoms with E-state index in [1.165, 1.54) is 0 Å². The van der Waals surface area contributed by atoms with Gasteiger partial charge in [-0.1, -0.05) is 133 Å². The van der Waals surface area contributed by atoms with Crippen LogP contribution in [0.25, 0.3) is 88.7 Å². The van der Waals surface area contributed by atoms with E-state index in [0.717, 1.165) is 88.7 Å². The molecule has 0 aliphatic rings. The second kappa shape index (κ2) is 12.8. The Kier molecular flexibility index (Phi) is 7.51. The lowest BCUT2D eigenvalue weighted by Gasteiger charge is -2.18. The van der Waals surface area contributed by atoms with E-state index in [-0.39, 0.29) is 0 Å². The summed E-state index contributed by atoms with van der Waals surface area (Å²) in [5.41, 5.74) is 12.5. The molecule has 2 aromatic heterocycles. The molecule has 0 fully saturated rings. The molecule has 0 atom stereocenters. The van der Waals surface area contributed by atoms with Gasteiger partial charge in [-0.25, -0.2) is 15.0 Å². The lowest BCUT2D eigenvalue weighted by Crippen LogP contribution is -2.00. The Morgan fingerprint density at radius 2 is 0.865 bits per heavy atom. The van der Waals surface area contributed by atoms with E-state index in [1.54, 1.807) is 6.07 Å². The average molecular weight is 662 g/mol. The first-order valence-electron chi connectivity index (χ1n) is 17.0. The van der Waals surface area contributed by atoms with Crippen LogP contribution in [-0.4, -0.2) is 15.0 Å². The number of nitrogens with zero attached hydrogens (tertiary/aromatic N) is 5. The standard InChI is InChI=1S/C47H27N5/c48-28-30-24-31(29-49)26-37(25-30)32-20-22-36(23-21-32)43-40-27-39(33-12-4-1-5-13-33)46-47(42(40)38-18-10-11-19-41(38)50-43)52-45(35-16-8-3-9-17-35)44(51-46)34-14-6-2-7-15-34/h1-27H. The Morgan fingerprint density at radius 1 is 0.365 bits per heavy atom. The molecule has 9 aromatic rings. The molecule has 0 aliphatic heterocycles. The third-order valence-electron chi connectivity index (χ3n) is 9.47. The van der Waals surface area contributed by atoms with E-state index in [4.69, 9.17) is 15.0 Å². The fourth-order valence-corrected chi connectivity index (χ4v) is 7.03. The molecule has 5 heteroatoms. The van der Waals surface area contributed by atoms with Gasteiger partial charge in [0.05, 0.1) is 56.9 Å². The van der Waals surface area contributed by atoms with Crippen LogP contribution in [0.1, 0.15) is 11.1 Å². The molecule has 240 valence electrons. The van der Waals surface area contributed by atoms with Gasteiger partial charge in [-0.3, -0.25) is 0 Å². The van der Waals surface area contributed by atoms with Crippen LogP contribution in [0.2, 0.25) is 0 Å². The first kappa shape index (κ1) is 30.6. The van der Waals surface area contributed by atoms with E-state index in [2.05, 4.69) is 72.8 Å². The summed E-state index contributed by atoms with van der Waals surface area (Å²) in [5, 5.41) is 22.1. The zero-order chi connectivity index (χ0) is 35.0. The Labute approximate surface area is 300 Å². The van der Waals surface area contributed by atoms with Gasteiger partial charge >= 0.3 is 0 Å². The predicted molar refractivity (Wildman–Crippen MR) is 209 cm³/mol. The highest BCUT2D eigenvalue weighted by molar-refractivity contribution is 6.24. The second-order valence-corrected chi connectivity index (χ2v) is 12.6. The van der Waals surface area contributed by atoms with Crippen molar-refractivity contribution in [3.05, 3.63) is 175 Å². The highest BCUT2D eigenvalue weighted by Gasteiger charge is 2.22. The quantitative estimate of drug-likeness (QED) is 0.171. The van der Waals surface area contributed by atoms with Crippen LogP contribution in [0.5, 0.6) is 0 Å². The summed E-state index contributed by atoms with van der Waals surface area (Å²) in [6.45, 7) is 0. The number of benzene rings is 7. The predicted octanol–water partition coefficient (Wildman–Crippen LogP) is 11.4. The Balaban J connectivity index is 1.37. The van der Waals surface area contributed by atoms with Crippen molar-refractivity contribution >= 4 is 32.7 Å². The molecule has 0 bridgehead atoms. The van der Waals surface area contributed by atoms with Gasteiger partial charge in [0.25, 0.3) is 0 Å². The molecule has 0 saturated heterocycles. The molecule has 5 nitrogen and oxygen atoms in total. The molecule has 0 radical (unpaired) electrons. The molecule has 0 N–H and O–H groups in total. The smallest absolute Gasteiger partial charge is 0.0992 e. The van der Waals surface area contributed by atoms with Crippen LogP contribution < -0.4 is 0 Å². The third-order valence-corrected chi connectivity index (χ3v) is 9.47. The van der Waals surface area contributed by atoms with Gasteiger partial charge in [-0.05, 0) is 47.0 Å². The largest absolute Gasteiger partial charge is 0.247 e. The second-order valence-electron chi connectivity index (χ2n) is 12.6. The van der Waals surface area contributed by atoms with Gasteiger partial charge in [-0.15, -0.1) is 0 Å². The summed E-state index contributed by atoms with van der Waals surface area (Å²) >= 11 is 0. The number of rotatable bonds is 5. The number of aromatic nitrogens is 3. The molecule has 7 aromatic carbocycles. The number of fused-ring (bicyclic) bond motifs is 5. The molecule has 0 unspecified atom stereocenters. The summed E-state index contributed by atoms with van der Waals surface area (Å²) in [6, 6.07) is 59.0. The highest BCUT2D eigenvalue weighted by atomic mass is 14.8. The Hall–Kier alpha value is -7.47. The fourth-order valence-electron chi connectivity index (χ4n) is 7.03. The molecule has 9 rings (SSSR count). The number of para-hydroxylation sites is 1. The van der Waals surface area contributed by atoms with Crippen LogP contribution >= 0.6 is 0 Å². The minimum absolute atomic E-state index is 0.451. The van der Waals surface area contributed by atoms with Crippen molar-refractivity contribution in [2.75, 3.05) is 0 Å². The maximum absolute atomic E-state index is 9.57. The summed E-state index contributed by atoms with van der Waals surface area (Å²) in [4.78, 5) is 16.4. The normalized spacial score (nSPS) is 11.0. The zero-order valence-corrected chi connectivity index (χ0v) is 27.8. The number of hydrogen-bond acceptors (Lipinski definition) is 5. The number of nitriles is 2. The van der Waals surface area contributed by atoms with Crippen molar-refractivity contribution in [3.63, 3.8) is 0 Å². The SMILES string of the molecule is N#Cc1cc(C#N)cc(-c2ccc(-c3nc4ccccc4c4c3cc(-c3ccccc3)c3nc(-c5ccccc5)c(-c5ccccc5)nc34)cc2)c1. The molecule has 0 amide bonds. The summed E-state index contributed by atoms with van der Waals surface area (Å²) in [7, 11) is 0. The zero-order valence-electron chi connectivity index (χ0n) is 27.8. The fraction of sp³-hybridized carbons (Fsp3) is 0. The molecule has 0 saturated carbocycles. The van der Waals surface area contributed by atoms with E-state index in [0.29, 0.717) is 11.1 Å². The van der Waals surface area contributed by atoms with Gasteiger partial charge in [-0.2, -0.15) is 10.5 Å². The van der Waals surface area contributed by atoms with E-state index >= 15 is 0 Å². The lowest BCUT2D eigenvalue weighted by molar-refractivity contribution is 1.30. The average Bonchev–Trinajstić information content (AvgIpc) is 3.23. The first-order chi connectivity index (χ1) is 25.7. The number of hydrogen-bond donors (Lipinski definition) is 0. The molecular formula is C47H27N5. The lowest BCUT2D eigenvalue weighted by atomic mass is 9.92. The van der Waals surface area contributed by atoms with Gasteiger partial charge in [0, 0.05) is 38.4 Å². The van der Waals surface area contributed by atoms with Gasteiger partial charge in [0.2, 0.25) is 0 Å². The van der Waals surface area contributed by atoms with E-state index < -0.39 is 0 Å². The van der Waals surface area contributed by atoms with Crippen molar-refractivity contribution < 1.29 is 0 Å². The van der Waals surface area contributed by atoms with E-state index in [9.17, 15) is 10.5 Å². The van der Waals surface area contributed by atoms with Crippen molar-refractivity contribution in [2.45, 2.75) is 0 Å². The van der Waals surface area contributed by atoms with Gasteiger partial charge in [0.1, 0.15) is 0 Å². The topological polar surface area (TPSA) is 86.2 Å². The Bertz CT molecular complexity index is 2860. The van der Waals surface area contributed by atoms with Crippen LogP contribution in [0, 0.1) is 22.7 Å². The van der Waals surface area contributed by atoms with Crippen molar-refractivity contribution in [2.24, 2.45) is 0 Å². The van der Waals surface area contributed by atoms with Crippen LogP contribution in [0.3, 0.4) is 0 Å². The summed E-state index contributed by atoms with van der Waals surface area (Å²) < 4.78 is 0. The van der Waals surface area contributed by atoms with Crippen LogP contribution in [-0.2, 0) is 0 Å². The first-order valence-corrected chi connectivity index (χ1v) is 17.0. The third kappa shape index (κ3) is 5.31. The van der Waals surface area contributed by atoms with Crippen LogP contribution in [0.4, 0.5) is 0 Å². The monoisotopic (exact) mass is 661 g/mol. The minimum atomic E-state index is 0.451. The number of pyridine rings is 1. The molecule has 52 heavy (non-hydrogen) atoms. The molecule has 0 spiro atoms. The Morgan fingerprint density at radius 3 is 1.46 bits per heavy atom. The van der Waals surface area contributed by atoms with Gasteiger partial charge in [0.15, 0.2) is 0 Å². The van der Waals surface area contributed by atoms with Crippen LogP contribution in [0.15, 0.2) is 164 Å². The maximum Gasteiger partial charge on any atom is 0.0992 e. The van der Waals surface area contributed by atoms with E-state index in [1.807, 2.05) is 97.1 Å². The van der Waals surface area contributed by atoms with Gasteiger partial charge < -0.3 is 0 Å². The van der Waals surface area contributed by atoms with Crippen molar-refractivity contribution in [1.82, 2.24) is 15.0 Å². The van der Waals surface area contributed by atoms with Crippen molar-refractivity contribution in [1.29, 1.82) is 10.5 Å². The molecule has 0 aliphatic carbocycles. The molecular weight excluding hydrogens is 635 g/mol. The van der Waals surface area contributed by atoms with Crippen molar-refractivity contribution in [3.8, 4) is 68.2 Å². The minimum Gasteiger partial charge on any atom is -0.247 e. The maximum atomic E-state index is 9.57. The summed E-state index contributed by atoms with van der Waals surface area (Å²) in [6.07, 6.45) is 0. The highest BCUT2D eigenvalue weighted by Crippen LogP contribution is 2.43. The summed E-state index contributed by atoms with van der Waals surface area (Å²) in [5.74, 6) is 0.